The number of carbonyl (C=O) groups is 2. The molecule has 6 heteroatoms. The van der Waals surface area contributed by atoms with Crippen LogP contribution in [-0.4, -0.2) is 24.6 Å². The summed E-state index contributed by atoms with van der Waals surface area (Å²) < 4.78 is 10.6. The molecule has 0 heterocycles. The number of halogens is 1. The molecule has 1 N–H and O–H groups in total. The van der Waals surface area contributed by atoms with Gasteiger partial charge < -0.3 is 14.8 Å². The second-order valence-corrected chi connectivity index (χ2v) is 7.42. The molecule has 0 aliphatic rings. The summed E-state index contributed by atoms with van der Waals surface area (Å²) in [6.07, 6.45) is -0.942. The molecule has 0 radical (unpaired) electrons. The van der Waals surface area contributed by atoms with Crippen molar-refractivity contribution in [3.8, 4) is 5.75 Å². The number of aryl methyl sites for hydroxylation is 2. The molecule has 0 fully saturated rings. The Balaban J connectivity index is 1.93. The number of esters is 1. The third-order valence-electron chi connectivity index (χ3n) is 4.34. The first-order chi connectivity index (χ1) is 13.2. The van der Waals surface area contributed by atoms with E-state index < -0.39 is 12.1 Å². The molecule has 0 saturated heterocycles. The van der Waals surface area contributed by atoms with Crippen LogP contribution in [0.25, 0.3) is 0 Å². The van der Waals surface area contributed by atoms with Gasteiger partial charge in [0.2, 0.25) is 0 Å². The van der Waals surface area contributed by atoms with Gasteiger partial charge in [-0.2, -0.15) is 0 Å². The van der Waals surface area contributed by atoms with Crippen LogP contribution in [-0.2, 0) is 14.3 Å². The number of hydrogen-bond donors (Lipinski definition) is 1. The van der Waals surface area contributed by atoms with Crippen LogP contribution in [0.1, 0.15) is 43.4 Å². The van der Waals surface area contributed by atoms with E-state index in [2.05, 4.69) is 19.2 Å². The lowest BCUT2D eigenvalue weighted by Crippen LogP contribution is -2.32. The lowest BCUT2D eigenvalue weighted by molar-refractivity contribution is -0.155. The van der Waals surface area contributed by atoms with E-state index >= 15 is 0 Å². The Labute approximate surface area is 171 Å². The van der Waals surface area contributed by atoms with Crippen molar-refractivity contribution in [3.05, 3.63) is 58.1 Å². The monoisotopic (exact) mass is 403 g/mol. The normalized spacial score (nSPS) is 11.8. The fraction of sp³-hybridized carbons (Fsp3) is 0.364. The first kappa shape index (κ1) is 21.8. The molecule has 1 atom stereocenters. The highest BCUT2D eigenvalue weighted by Crippen LogP contribution is 2.27. The molecule has 28 heavy (non-hydrogen) atoms. The summed E-state index contributed by atoms with van der Waals surface area (Å²) >= 11 is 5.96. The minimum atomic E-state index is -0.942. The van der Waals surface area contributed by atoms with Crippen molar-refractivity contribution >= 4 is 29.2 Å². The SMILES string of the molecule is Cc1cc(OCC(=O)O[C@H](C)C(=O)Nc2c(C)cccc2C(C)C)ccc1Cl. The predicted molar refractivity (Wildman–Crippen MR) is 111 cm³/mol. The molecule has 0 aromatic heterocycles. The first-order valence-electron chi connectivity index (χ1n) is 9.17. The number of rotatable bonds is 7. The number of benzene rings is 2. The number of ether oxygens (including phenoxy) is 2. The van der Waals surface area contributed by atoms with Gasteiger partial charge in [-0.25, -0.2) is 4.79 Å². The molecule has 2 rings (SSSR count). The van der Waals surface area contributed by atoms with E-state index in [9.17, 15) is 9.59 Å². The molecule has 2 aromatic carbocycles. The maximum atomic E-state index is 12.5. The standard InChI is InChI=1S/C22H26ClNO4/c1-13(2)18-8-6-7-14(3)21(18)24-22(26)16(5)28-20(25)12-27-17-9-10-19(23)15(4)11-17/h6-11,13,16H,12H2,1-5H3,(H,24,26)/t16-/m1/s1. The van der Waals surface area contributed by atoms with E-state index in [1.165, 1.54) is 6.92 Å². The predicted octanol–water partition coefficient (Wildman–Crippen LogP) is 5.03. The summed E-state index contributed by atoms with van der Waals surface area (Å²) in [5.41, 5.74) is 3.60. The molecule has 0 aliphatic carbocycles. The van der Waals surface area contributed by atoms with E-state index in [1.807, 2.05) is 32.0 Å². The van der Waals surface area contributed by atoms with Crippen LogP contribution >= 0.6 is 11.6 Å². The Morgan fingerprint density at radius 2 is 1.79 bits per heavy atom. The molecule has 0 unspecified atom stereocenters. The Kier molecular flexibility index (Phi) is 7.46. The molecule has 1 amide bonds. The van der Waals surface area contributed by atoms with Crippen LogP contribution in [0.15, 0.2) is 36.4 Å². The van der Waals surface area contributed by atoms with Crippen LogP contribution in [0.5, 0.6) is 5.75 Å². The van der Waals surface area contributed by atoms with E-state index in [4.69, 9.17) is 21.1 Å². The van der Waals surface area contributed by atoms with Gasteiger partial charge >= 0.3 is 5.97 Å². The second-order valence-electron chi connectivity index (χ2n) is 7.01. The van der Waals surface area contributed by atoms with E-state index in [0.717, 1.165) is 22.4 Å². The van der Waals surface area contributed by atoms with Crippen LogP contribution in [0, 0.1) is 13.8 Å². The Morgan fingerprint density at radius 3 is 2.43 bits per heavy atom. The topological polar surface area (TPSA) is 64.6 Å². The van der Waals surface area contributed by atoms with Crippen molar-refractivity contribution in [1.29, 1.82) is 0 Å². The number of anilines is 1. The second kappa shape index (κ2) is 9.60. The van der Waals surface area contributed by atoms with Crippen molar-refractivity contribution in [3.63, 3.8) is 0 Å². The van der Waals surface area contributed by atoms with Crippen LogP contribution in [0.4, 0.5) is 5.69 Å². The van der Waals surface area contributed by atoms with Gasteiger partial charge in [0.05, 0.1) is 0 Å². The van der Waals surface area contributed by atoms with Crippen molar-refractivity contribution in [2.24, 2.45) is 0 Å². The van der Waals surface area contributed by atoms with Gasteiger partial charge in [0.15, 0.2) is 12.7 Å². The van der Waals surface area contributed by atoms with Gasteiger partial charge in [0.1, 0.15) is 5.75 Å². The van der Waals surface area contributed by atoms with Crippen LogP contribution in [0.2, 0.25) is 5.02 Å². The average Bonchev–Trinajstić information content (AvgIpc) is 2.64. The Bertz CT molecular complexity index is 864. The molecule has 0 saturated carbocycles. The zero-order valence-electron chi connectivity index (χ0n) is 16.8. The summed E-state index contributed by atoms with van der Waals surface area (Å²) in [6, 6.07) is 11.0. The average molecular weight is 404 g/mol. The molecule has 150 valence electrons. The zero-order valence-corrected chi connectivity index (χ0v) is 17.6. The van der Waals surface area contributed by atoms with Gasteiger partial charge in [-0.3, -0.25) is 4.79 Å². The highest BCUT2D eigenvalue weighted by Gasteiger charge is 2.20. The zero-order chi connectivity index (χ0) is 20.8. The number of nitrogens with one attached hydrogen (secondary N) is 1. The lowest BCUT2D eigenvalue weighted by Gasteiger charge is -2.19. The molecule has 0 bridgehead atoms. The number of hydrogen-bond acceptors (Lipinski definition) is 4. The summed E-state index contributed by atoms with van der Waals surface area (Å²) in [7, 11) is 0. The third-order valence-corrected chi connectivity index (χ3v) is 4.76. The van der Waals surface area contributed by atoms with E-state index in [0.29, 0.717) is 10.8 Å². The fourth-order valence-electron chi connectivity index (χ4n) is 2.70. The fourth-order valence-corrected chi connectivity index (χ4v) is 2.82. The summed E-state index contributed by atoms with van der Waals surface area (Å²) in [4.78, 5) is 24.5. The van der Waals surface area contributed by atoms with E-state index in [1.54, 1.807) is 18.2 Å². The highest BCUT2D eigenvalue weighted by molar-refractivity contribution is 6.31. The molecule has 0 aliphatic heterocycles. The molecular weight excluding hydrogens is 378 g/mol. The summed E-state index contributed by atoms with van der Waals surface area (Å²) in [6.45, 7) is 9.14. The largest absolute Gasteiger partial charge is 0.482 e. The van der Waals surface area contributed by atoms with Gasteiger partial charge in [-0.1, -0.05) is 43.6 Å². The van der Waals surface area contributed by atoms with Crippen molar-refractivity contribution in [1.82, 2.24) is 0 Å². The highest BCUT2D eigenvalue weighted by atomic mass is 35.5. The van der Waals surface area contributed by atoms with Crippen molar-refractivity contribution in [2.75, 3.05) is 11.9 Å². The minimum absolute atomic E-state index is 0.254. The molecule has 2 aromatic rings. The van der Waals surface area contributed by atoms with Gasteiger partial charge in [0.25, 0.3) is 5.91 Å². The molecule has 5 nitrogen and oxygen atoms in total. The van der Waals surface area contributed by atoms with Gasteiger partial charge in [-0.15, -0.1) is 0 Å². The first-order valence-corrected chi connectivity index (χ1v) is 9.55. The van der Waals surface area contributed by atoms with Crippen LogP contribution < -0.4 is 10.1 Å². The van der Waals surface area contributed by atoms with Gasteiger partial charge in [0, 0.05) is 10.7 Å². The smallest absolute Gasteiger partial charge is 0.344 e. The lowest BCUT2D eigenvalue weighted by atomic mass is 9.98. The molecular formula is C22H26ClNO4. The quantitative estimate of drug-likeness (QED) is 0.658. The maximum Gasteiger partial charge on any atom is 0.344 e. The summed E-state index contributed by atoms with van der Waals surface area (Å²) in [5, 5.41) is 3.50. The summed E-state index contributed by atoms with van der Waals surface area (Å²) in [5.74, 6) is -0.238. The minimum Gasteiger partial charge on any atom is -0.482 e. The van der Waals surface area contributed by atoms with Crippen LogP contribution in [0.3, 0.4) is 0 Å². The van der Waals surface area contributed by atoms with Crippen molar-refractivity contribution in [2.45, 2.75) is 46.6 Å². The third kappa shape index (κ3) is 5.73. The number of para-hydroxylation sites is 1. The number of amides is 1. The number of carbonyl (C=O) groups excluding carboxylic acids is 2. The molecule has 0 spiro atoms. The van der Waals surface area contributed by atoms with E-state index in [-0.39, 0.29) is 18.4 Å². The van der Waals surface area contributed by atoms with Gasteiger partial charge in [-0.05, 0) is 61.6 Å². The maximum absolute atomic E-state index is 12.5. The van der Waals surface area contributed by atoms with Crippen molar-refractivity contribution < 1.29 is 19.1 Å². The Hall–Kier alpha value is -2.53. The Morgan fingerprint density at radius 1 is 1.07 bits per heavy atom.